The van der Waals surface area contributed by atoms with Crippen molar-refractivity contribution in [2.45, 2.75) is 19.8 Å². The first-order valence-electron chi connectivity index (χ1n) is 7.81. The van der Waals surface area contributed by atoms with Gasteiger partial charge in [-0.1, -0.05) is 0 Å². The van der Waals surface area contributed by atoms with Gasteiger partial charge in [-0.2, -0.15) is 0 Å². The van der Waals surface area contributed by atoms with Crippen LogP contribution in [0.25, 0.3) is 0 Å². The number of carbonyl (C=O) groups excluding carboxylic acids is 1. The van der Waals surface area contributed by atoms with Crippen molar-refractivity contribution in [1.82, 2.24) is 9.88 Å². The van der Waals surface area contributed by atoms with Gasteiger partial charge < -0.3 is 9.80 Å². The molecular weight excluding hydrogens is 313 g/mol. The molecular formula is C17H20FN3OS. The van der Waals surface area contributed by atoms with Crippen LogP contribution in [0.1, 0.15) is 17.1 Å². The summed E-state index contributed by atoms with van der Waals surface area (Å²) in [6.45, 7) is 4.97. The van der Waals surface area contributed by atoms with Crippen LogP contribution in [0.5, 0.6) is 0 Å². The van der Waals surface area contributed by atoms with Gasteiger partial charge in [-0.05, 0) is 31.2 Å². The third-order valence-corrected chi connectivity index (χ3v) is 5.07. The van der Waals surface area contributed by atoms with E-state index in [1.807, 2.05) is 17.2 Å². The molecule has 0 N–H and O–H groups in total. The van der Waals surface area contributed by atoms with Gasteiger partial charge in [-0.15, -0.1) is 11.3 Å². The fourth-order valence-electron chi connectivity index (χ4n) is 2.76. The lowest BCUT2D eigenvalue weighted by molar-refractivity contribution is -0.131. The van der Waals surface area contributed by atoms with E-state index < -0.39 is 0 Å². The zero-order valence-electron chi connectivity index (χ0n) is 13.2. The van der Waals surface area contributed by atoms with Crippen LogP contribution in [0.3, 0.4) is 0 Å². The van der Waals surface area contributed by atoms with Crippen molar-refractivity contribution in [1.29, 1.82) is 0 Å². The fraction of sp³-hybridized carbons (Fsp3) is 0.412. The standard InChI is InChI=1S/C17H20FN3OS/c1-13-12-23-16(19-13)6-7-17(22)21-10-8-20(9-11-21)15-4-2-14(18)3-5-15/h2-5,12H,6-11H2,1H3. The summed E-state index contributed by atoms with van der Waals surface area (Å²) in [4.78, 5) is 20.8. The summed E-state index contributed by atoms with van der Waals surface area (Å²) < 4.78 is 13.0. The number of halogens is 1. The number of aromatic nitrogens is 1. The molecule has 1 aromatic carbocycles. The number of aryl methyl sites for hydroxylation is 2. The Morgan fingerprint density at radius 3 is 2.52 bits per heavy atom. The summed E-state index contributed by atoms with van der Waals surface area (Å²) in [5.41, 5.74) is 2.03. The van der Waals surface area contributed by atoms with Gasteiger partial charge in [0.2, 0.25) is 5.91 Å². The highest BCUT2D eigenvalue weighted by molar-refractivity contribution is 7.09. The summed E-state index contributed by atoms with van der Waals surface area (Å²) in [7, 11) is 0. The number of piperazine rings is 1. The largest absolute Gasteiger partial charge is 0.368 e. The molecule has 0 atom stereocenters. The zero-order chi connectivity index (χ0) is 16.2. The molecule has 0 bridgehead atoms. The Hall–Kier alpha value is -1.95. The lowest BCUT2D eigenvalue weighted by atomic mass is 10.2. The van der Waals surface area contributed by atoms with E-state index in [1.165, 1.54) is 12.1 Å². The van der Waals surface area contributed by atoms with Crippen molar-refractivity contribution in [3.63, 3.8) is 0 Å². The SMILES string of the molecule is Cc1csc(CCC(=O)N2CCN(c3ccc(F)cc3)CC2)n1. The lowest BCUT2D eigenvalue weighted by Crippen LogP contribution is -2.48. The number of rotatable bonds is 4. The van der Waals surface area contributed by atoms with Gasteiger partial charge in [0.05, 0.1) is 5.01 Å². The number of hydrogen-bond acceptors (Lipinski definition) is 4. The number of carbonyl (C=O) groups is 1. The lowest BCUT2D eigenvalue weighted by Gasteiger charge is -2.36. The Kier molecular flexibility index (Phi) is 4.91. The number of benzene rings is 1. The summed E-state index contributed by atoms with van der Waals surface area (Å²) in [5.74, 6) is -0.0309. The third kappa shape index (κ3) is 4.07. The number of amides is 1. The maximum Gasteiger partial charge on any atom is 0.223 e. The van der Waals surface area contributed by atoms with E-state index in [-0.39, 0.29) is 11.7 Å². The van der Waals surface area contributed by atoms with Gasteiger partial charge in [0.1, 0.15) is 5.82 Å². The molecule has 1 fully saturated rings. The highest BCUT2D eigenvalue weighted by Gasteiger charge is 2.21. The Labute approximate surface area is 139 Å². The van der Waals surface area contributed by atoms with E-state index in [0.29, 0.717) is 19.5 Å². The van der Waals surface area contributed by atoms with Gasteiger partial charge in [0, 0.05) is 55.8 Å². The first-order valence-corrected chi connectivity index (χ1v) is 8.69. The third-order valence-electron chi connectivity index (χ3n) is 4.04. The number of anilines is 1. The second kappa shape index (κ2) is 7.08. The van der Waals surface area contributed by atoms with Crippen LogP contribution < -0.4 is 4.90 Å². The molecule has 6 heteroatoms. The molecule has 23 heavy (non-hydrogen) atoms. The van der Waals surface area contributed by atoms with Crippen LogP contribution in [0, 0.1) is 12.7 Å². The quantitative estimate of drug-likeness (QED) is 0.863. The molecule has 3 rings (SSSR count). The van der Waals surface area contributed by atoms with E-state index in [0.717, 1.165) is 35.9 Å². The average Bonchev–Trinajstić information content (AvgIpc) is 2.99. The molecule has 4 nitrogen and oxygen atoms in total. The average molecular weight is 333 g/mol. The minimum atomic E-state index is -0.222. The molecule has 0 aliphatic carbocycles. The zero-order valence-corrected chi connectivity index (χ0v) is 14.0. The minimum Gasteiger partial charge on any atom is -0.368 e. The van der Waals surface area contributed by atoms with Crippen molar-refractivity contribution in [2.24, 2.45) is 0 Å². The minimum absolute atomic E-state index is 0.191. The van der Waals surface area contributed by atoms with Crippen LogP contribution in [0.4, 0.5) is 10.1 Å². The first kappa shape index (κ1) is 15.9. The van der Waals surface area contributed by atoms with Crippen molar-refractivity contribution in [3.05, 3.63) is 46.2 Å². The topological polar surface area (TPSA) is 36.4 Å². The van der Waals surface area contributed by atoms with E-state index in [2.05, 4.69) is 9.88 Å². The monoisotopic (exact) mass is 333 g/mol. The maximum absolute atomic E-state index is 13.0. The van der Waals surface area contributed by atoms with Gasteiger partial charge in [-0.25, -0.2) is 9.37 Å². The normalized spacial score (nSPS) is 15.0. The molecule has 1 saturated heterocycles. The summed E-state index contributed by atoms with van der Waals surface area (Å²) in [6.07, 6.45) is 1.24. The van der Waals surface area contributed by atoms with Crippen LogP contribution >= 0.6 is 11.3 Å². The summed E-state index contributed by atoms with van der Waals surface area (Å²) in [5, 5.41) is 3.04. The van der Waals surface area contributed by atoms with Crippen LogP contribution in [-0.2, 0) is 11.2 Å². The van der Waals surface area contributed by atoms with E-state index in [1.54, 1.807) is 23.5 Å². The van der Waals surface area contributed by atoms with Crippen LogP contribution in [-0.4, -0.2) is 42.0 Å². The van der Waals surface area contributed by atoms with Gasteiger partial charge in [-0.3, -0.25) is 4.79 Å². The Balaban J connectivity index is 1.48. The van der Waals surface area contributed by atoms with Crippen molar-refractivity contribution < 1.29 is 9.18 Å². The molecule has 122 valence electrons. The van der Waals surface area contributed by atoms with Gasteiger partial charge in [0.15, 0.2) is 0 Å². The molecule has 2 heterocycles. The Bertz CT molecular complexity index is 663. The van der Waals surface area contributed by atoms with Crippen molar-refractivity contribution in [3.8, 4) is 0 Å². The molecule has 0 spiro atoms. The predicted octanol–water partition coefficient (Wildman–Crippen LogP) is 2.87. The van der Waals surface area contributed by atoms with Gasteiger partial charge in [0.25, 0.3) is 0 Å². The van der Waals surface area contributed by atoms with E-state index in [9.17, 15) is 9.18 Å². The Morgan fingerprint density at radius 1 is 1.22 bits per heavy atom. The van der Waals surface area contributed by atoms with E-state index >= 15 is 0 Å². The molecule has 1 amide bonds. The van der Waals surface area contributed by atoms with Crippen LogP contribution in [0.2, 0.25) is 0 Å². The van der Waals surface area contributed by atoms with Crippen molar-refractivity contribution in [2.75, 3.05) is 31.1 Å². The second-order valence-electron chi connectivity index (χ2n) is 5.73. The van der Waals surface area contributed by atoms with E-state index in [4.69, 9.17) is 0 Å². The van der Waals surface area contributed by atoms with Crippen molar-refractivity contribution >= 4 is 22.9 Å². The smallest absolute Gasteiger partial charge is 0.223 e. The summed E-state index contributed by atoms with van der Waals surface area (Å²) in [6, 6.07) is 6.53. The predicted molar refractivity (Wildman–Crippen MR) is 90.4 cm³/mol. The number of thiazole rings is 1. The molecule has 1 aliphatic heterocycles. The molecule has 0 unspecified atom stereocenters. The highest BCUT2D eigenvalue weighted by Crippen LogP contribution is 2.18. The molecule has 1 aromatic heterocycles. The molecule has 0 saturated carbocycles. The highest BCUT2D eigenvalue weighted by atomic mass is 32.1. The second-order valence-corrected chi connectivity index (χ2v) is 6.67. The first-order chi connectivity index (χ1) is 11.1. The molecule has 2 aromatic rings. The van der Waals surface area contributed by atoms with Crippen LogP contribution in [0.15, 0.2) is 29.6 Å². The fourth-order valence-corrected chi connectivity index (χ4v) is 3.53. The van der Waals surface area contributed by atoms with Gasteiger partial charge >= 0.3 is 0 Å². The molecule has 1 aliphatic rings. The summed E-state index contributed by atoms with van der Waals surface area (Å²) >= 11 is 1.62. The number of nitrogens with zero attached hydrogens (tertiary/aromatic N) is 3. The maximum atomic E-state index is 13.0. The Morgan fingerprint density at radius 2 is 1.91 bits per heavy atom. The molecule has 0 radical (unpaired) electrons. The number of hydrogen-bond donors (Lipinski definition) is 0.